The summed E-state index contributed by atoms with van der Waals surface area (Å²) >= 11 is 3.81. The number of thiophene rings is 2. The molecule has 0 saturated carbocycles. The molecule has 4 aromatic carbocycles. The standard InChI is InChI=1S/C27H20S2/c1-17-2-4-18(5-3-17)6-11-23-14-22-10-9-21-15-24-20(16-25(21)27(22)29-23)8-7-19-12-13-28-26(19)24/h2-5,7-10,12-16H,6,11H2,1H3. The molecule has 6 rings (SSSR count). The summed E-state index contributed by atoms with van der Waals surface area (Å²) in [7, 11) is 0. The van der Waals surface area contributed by atoms with E-state index in [4.69, 9.17) is 0 Å². The topological polar surface area (TPSA) is 0 Å². The first kappa shape index (κ1) is 17.2. The summed E-state index contributed by atoms with van der Waals surface area (Å²) in [6, 6.07) is 27.4. The largest absolute Gasteiger partial charge is 0.143 e. The van der Waals surface area contributed by atoms with Crippen LogP contribution in [0.15, 0.2) is 78.2 Å². The number of hydrogen-bond donors (Lipinski definition) is 0. The molecule has 0 N–H and O–H groups in total. The molecule has 0 aliphatic heterocycles. The SMILES string of the molecule is Cc1ccc(CCc2cc3ccc4cc5c(ccc6ccsc65)cc4c3s2)cc1. The third kappa shape index (κ3) is 2.95. The van der Waals surface area contributed by atoms with Crippen molar-refractivity contribution < 1.29 is 0 Å². The average Bonchev–Trinajstić information content (AvgIpc) is 3.39. The molecule has 0 nitrogen and oxygen atoms in total. The number of benzene rings is 4. The van der Waals surface area contributed by atoms with Crippen molar-refractivity contribution in [3.05, 3.63) is 94.2 Å². The van der Waals surface area contributed by atoms with E-state index in [1.54, 1.807) is 0 Å². The molecule has 0 aliphatic rings. The smallest absolute Gasteiger partial charge is 0.0424 e. The van der Waals surface area contributed by atoms with Crippen molar-refractivity contribution in [2.45, 2.75) is 19.8 Å². The maximum absolute atomic E-state index is 2.40. The van der Waals surface area contributed by atoms with Crippen LogP contribution in [-0.2, 0) is 12.8 Å². The fourth-order valence-corrected chi connectivity index (χ4v) is 6.38. The Morgan fingerprint density at radius 2 is 1.31 bits per heavy atom. The van der Waals surface area contributed by atoms with Crippen LogP contribution in [0.1, 0.15) is 16.0 Å². The highest BCUT2D eigenvalue weighted by atomic mass is 32.1. The monoisotopic (exact) mass is 408 g/mol. The van der Waals surface area contributed by atoms with E-state index in [-0.39, 0.29) is 0 Å². The van der Waals surface area contributed by atoms with Crippen molar-refractivity contribution in [2.24, 2.45) is 0 Å². The van der Waals surface area contributed by atoms with E-state index in [9.17, 15) is 0 Å². The lowest BCUT2D eigenvalue weighted by molar-refractivity contribution is 0.980. The van der Waals surface area contributed by atoms with Gasteiger partial charge in [-0.05, 0) is 76.5 Å². The molecule has 0 radical (unpaired) electrons. The fourth-order valence-electron chi connectivity index (χ4n) is 4.27. The van der Waals surface area contributed by atoms with Crippen molar-refractivity contribution in [3.8, 4) is 0 Å². The molecule has 29 heavy (non-hydrogen) atoms. The number of aryl methyl sites for hydroxylation is 3. The van der Waals surface area contributed by atoms with Crippen LogP contribution in [0, 0.1) is 6.92 Å². The summed E-state index contributed by atoms with van der Waals surface area (Å²) < 4.78 is 2.82. The molecule has 0 bridgehead atoms. The predicted octanol–water partition coefficient (Wildman–Crippen LogP) is 8.52. The third-order valence-electron chi connectivity index (χ3n) is 5.88. The number of rotatable bonds is 3. The van der Waals surface area contributed by atoms with Gasteiger partial charge < -0.3 is 0 Å². The highest BCUT2D eigenvalue weighted by Crippen LogP contribution is 2.38. The predicted molar refractivity (Wildman–Crippen MR) is 131 cm³/mol. The molecule has 2 heteroatoms. The van der Waals surface area contributed by atoms with Crippen LogP contribution in [0.3, 0.4) is 0 Å². The Morgan fingerprint density at radius 3 is 2.10 bits per heavy atom. The van der Waals surface area contributed by atoms with Crippen LogP contribution in [0.2, 0.25) is 0 Å². The highest BCUT2D eigenvalue weighted by molar-refractivity contribution is 7.20. The van der Waals surface area contributed by atoms with E-state index >= 15 is 0 Å². The first-order valence-corrected chi connectivity index (χ1v) is 11.7. The Hall–Kier alpha value is -2.68. The van der Waals surface area contributed by atoms with E-state index in [2.05, 4.69) is 85.1 Å². The van der Waals surface area contributed by atoms with Crippen LogP contribution in [0.25, 0.3) is 41.7 Å². The summed E-state index contributed by atoms with van der Waals surface area (Å²) in [6.45, 7) is 2.15. The van der Waals surface area contributed by atoms with E-state index in [1.807, 2.05) is 22.7 Å². The van der Waals surface area contributed by atoms with Gasteiger partial charge in [-0.1, -0.05) is 54.1 Å². The molecule has 0 unspecified atom stereocenters. The second kappa shape index (κ2) is 6.69. The van der Waals surface area contributed by atoms with Gasteiger partial charge in [0.15, 0.2) is 0 Å². The normalized spacial score (nSPS) is 11.9. The van der Waals surface area contributed by atoms with Crippen LogP contribution >= 0.6 is 22.7 Å². The van der Waals surface area contributed by atoms with Crippen molar-refractivity contribution in [3.63, 3.8) is 0 Å². The van der Waals surface area contributed by atoms with Gasteiger partial charge in [-0.15, -0.1) is 22.7 Å². The lowest BCUT2D eigenvalue weighted by Crippen LogP contribution is -1.88. The molecule has 140 valence electrons. The molecule has 2 heterocycles. The van der Waals surface area contributed by atoms with Gasteiger partial charge in [-0.3, -0.25) is 0 Å². The first-order chi connectivity index (χ1) is 14.2. The second-order valence-corrected chi connectivity index (χ2v) is 9.93. The number of hydrogen-bond acceptors (Lipinski definition) is 2. The molecule has 2 aromatic heterocycles. The Balaban J connectivity index is 1.44. The Labute approximate surface area is 178 Å². The molecule has 0 amide bonds. The van der Waals surface area contributed by atoms with Gasteiger partial charge in [0.1, 0.15) is 0 Å². The maximum Gasteiger partial charge on any atom is 0.0424 e. The van der Waals surface area contributed by atoms with Gasteiger partial charge in [-0.2, -0.15) is 0 Å². The molecular weight excluding hydrogens is 388 g/mol. The Morgan fingerprint density at radius 1 is 0.621 bits per heavy atom. The van der Waals surface area contributed by atoms with Crippen LogP contribution < -0.4 is 0 Å². The zero-order valence-electron chi connectivity index (χ0n) is 16.2. The van der Waals surface area contributed by atoms with Gasteiger partial charge in [0.25, 0.3) is 0 Å². The summed E-state index contributed by atoms with van der Waals surface area (Å²) in [5.41, 5.74) is 2.75. The molecule has 0 aliphatic carbocycles. The zero-order valence-corrected chi connectivity index (χ0v) is 17.9. The molecule has 0 spiro atoms. The Bertz CT molecular complexity index is 1500. The van der Waals surface area contributed by atoms with Gasteiger partial charge >= 0.3 is 0 Å². The van der Waals surface area contributed by atoms with Crippen molar-refractivity contribution >= 4 is 64.4 Å². The van der Waals surface area contributed by atoms with Gasteiger partial charge in [0.2, 0.25) is 0 Å². The van der Waals surface area contributed by atoms with Gasteiger partial charge in [0.05, 0.1) is 0 Å². The number of fused-ring (bicyclic) bond motifs is 6. The van der Waals surface area contributed by atoms with E-state index in [0.29, 0.717) is 0 Å². The third-order valence-corrected chi connectivity index (χ3v) is 8.09. The van der Waals surface area contributed by atoms with Crippen molar-refractivity contribution in [2.75, 3.05) is 0 Å². The summed E-state index contributed by atoms with van der Waals surface area (Å²) in [4.78, 5) is 1.47. The minimum Gasteiger partial charge on any atom is -0.143 e. The maximum atomic E-state index is 2.40. The highest BCUT2D eigenvalue weighted by Gasteiger charge is 2.09. The fraction of sp³-hybridized carbons (Fsp3) is 0.111. The molecule has 0 saturated heterocycles. The molecule has 0 fully saturated rings. The van der Waals surface area contributed by atoms with Crippen molar-refractivity contribution in [1.82, 2.24) is 0 Å². The summed E-state index contributed by atoms with van der Waals surface area (Å²) in [6.07, 6.45) is 2.21. The molecule has 0 atom stereocenters. The zero-order chi connectivity index (χ0) is 19.4. The Kier molecular flexibility index (Phi) is 3.97. The average molecular weight is 409 g/mol. The van der Waals surface area contributed by atoms with E-state index in [0.717, 1.165) is 12.8 Å². The first-order valence-electron chi connectivity index (χ1n) is 10.1. The lowest BCUT2D eigenvalue weighted by atomic mass is 10.0. The quantitative estimate of drug-likeness (QED) is 0.257. The van der Waals surface area contributed by atoms with Crippen LogP contribution in [-0.4, -0.2) is 0 Å². The van der Waals surface area contributed by atoms with Gasteiger partial charge in [-0.25, -0.2) is 0 Å². The van der Waals surface area contributed by atoms with E-state index in [1.165, 1.54) is 57.7 Å². The molecule has 6 aromatic rings. The van der Waals surface area contributed by atoms with E-state index < -0.39 is 0 Å². The second-order valence-electron chi connectivity index (χ2n) is 7.88. The van der Waals surface area contributed by atoms with Crippen molar-refractivity contribution in [1.29, 1.82) is 0 Å². The summed E-state index contributed by atoms with van der Waals surface area (Å²) in [5, 5.41) is 10.4. The minimum absolute atomic E-state index is 1.10. The van der Waals surface area contributed by atoms with Gasteiger partial charge in [0, 0.05) is 25.0 Å². The van der Waals surface area contributed by atoms with Crippen LogP contribution in [0.4, 0.5) is 0 Å². The molecular formula is C27H20S2. The summed E-state index contributed by atoms with van der Waals surface area (Å²) in [5.74, 6) is 0. The minimum atomic E-state index is 1.10. The van der Waals surface area contributed by atoms with Crippen LogP contribution in [0.5, 0.6) is 0 Å². The lowest BCUT2D eigenvalue weighted by Gasteiger charge is -2.05.